The number of hydrogen-bond acceptors (Lipinski definition) is 7. The number of carbonyl (C=O) groups excluding carboxylic acids is 3. The first-order valence-electron chi connectivity index (χ1n) is 21.4. The summed E-state index contributed by atoms with van der Waals surface area (Å²) in [4.78, 5) is 35.4. The molecule has 0 fully saturated rings. The second kappa shape index (κ2) is 32.1. The molecule has 7 nitrogen and oxygen atoms in total. The molecule has 0 aliphatic rings. The number of aliphatic hydroxyl groups excluding tert-OH is 1. The van der Waals surface area contributed by atoms with Crippen LogP contribution in [0.1, 0.15) is 171 Å². The van der Waals surface area contributed by atoms with E-state index in [9.17, 15) is 24.6 Å². The van der Waals surface area contributed by atoms with Gasteiger partial charge in [-0.3, -0.25) is 4.79 Å². The SMILES string of the molecule is C=C(C)C(=O)OCC(O)COC(=O)CC(c1ccccc1)[P+](CCCCCCCC)(CCCCCCCC)CCCCCCCC.O=C([O-])c1ccccc1. The number of esters is 2. The number of rotatable bonds is 31. The van der Waals surface area contributed by atoms with Gasteiger partial charge < -0.3 is 24.5 Å². The largest absolute Gasteiger partial charge is 0.545 e. The number of benzene rings is 2. The Bertz CT molecular complexity index is 1240. The fourth-order valence-electron chi connectivity index (χ4n) is 7.05. The third-order valence-corrected chi connectivity index (χ3v) is 15.7. The summed E-state index contributed by atoms with van der Waals surface area (Å²) in [7, 11) is -1.58. The van der Waals surface area contributed by atoms with Crippen LogP contribution in [-0.4, -0.2) is 60.8 Å². The van der Waals surface area contributed by atoms with Gasteiger partial charge in [-0.15, -0.1) is 0 Å². The van der Waals surface area contributed by atoms with E-state index in [1.54, 1.807) is 25.1 Å². The van der Waals surface area contributed by atoms with Gasteiger partial charge in [0.15, 0.2) is 0 Å². The van der Waals surface area contributed by atoms with Gasteiger partial charge in [0.25, 0.3) is 0 Å². The van der Waals surface area contributed by atoms with Crippen molar-refractivity contribution in [2.75, 3.05) is 31.7 Å². The molecule has 0 bridgehead atoms. The Hall–Kier alpha value is -3.02. The number of carboxylic acid groups (broad SMARTS) is 1. The second-order valence-corrected chi connectivity index (χ2v) is 19.6. The zero-order valence-corrected chi connectivity index (χ0v) is 35.8. The fraction of sp³-hybridized carbons (Fsp3) is 0.638. The summed E-state index contributed by atoms with van der Waals surface area (Å²) in [6.07, 6.45) is 26.1. The Morgan fingerprint density at radius 2 is 1.04 bits per heavy atom. The van der Waals surface area contributed by atoms with Crippen molar-refractivity contribution in [3.63, 3.8) is 0 Å². The third kappa shape index (κ3) is 23.6. The standard InChI is InChI=1S/C40H70O5P.C7H6O2/c1-6-9-12-15-18-24-29-46(30-25-19-16-13-10-7-2,31-26-20-17-14-11-8-3)38(36-27-22-21-23-28-36)32-39(42)44-33-37(41)34-45-40(43)35(4)5;8-7(9)6-4-2-1-3-5-6/h21-23,27-28,37-38,41H,4,6-20,24-26,29-34H2,1-3,5H3;1-5H,(H,8,9)/q+1;/p-1. The van der Waals surface area contributed by atoms with Crippen molar-refractivity contribution in [3.8, 4) is 0 Å². The van der Waals surface area contributed by atoms with E-state index < -0.39 is 25.3 Å². The van der Waals surface area contributed by atoms with Gasteiger partial charge in [-0.2, -0.15) is 0 Å². The molecule has 0 saturated carbocycles. The minimum absolute atomic E-state index is 0.168. The maximum absolute atomic E-state index is 13.5. The lowest BCUT2D eigenvalue weighted by Gasteiger charge is -2.36. The molecule has 0 aliphatic carbocycles. The zero-order valence-electron chi connectivity index (χ0n) is 34.9. The maximum Gasteiger partial charge on any atom is 0.333 e. The molecule has 8 heteroatoms. The highest BCUT2D eigenvalue weighted by Crippen LogP contribution is 2.72. The molecule has 0 amide bonds. The lowest BCUT2D eigenvalue weighted by molar-refractivity contribution is -0.255. The number of aliphatic hydroxyl groups is 1. The van der Waals surface area contributed by atoms with Gasteiger partial charge in [0, 0.05) is 12.8 Å². The lowest BCUT2D eigenvalue weighted by Crippen LogP contribution is -2.27. The number of carbonyl (C=O) groups is 3. The molecule has 2 aromatic rings. The molecular weight excluding hydrogens is 707 g/mol. The number of aromatic carboxylic acids is 1. The molecule has 2 aromatic carbocycles. The maximum atomic E-state index is 13.5. The molecule has 2 unspecified atom stereocenters. The van der Waals surface area contributed by atoms with Crippen LogP contribution >= 0.6 is 7.26 Å². The van der Waals surface area contributed by atoms with Crippen molar-refractivity contribution < 1.29 is 34.1 Å². The molecule has 0 radical (unpaired) electrons. The Morgan fingerprint density at radius 1 is 0.636 bits per heavy atom. The molecule has 0 heterocycles. The molecule has 0 aromatic heterocycles. The zero-order chi connectivity index (χ0) is 40.6. The minimum Gasteiger partial charge on any atom is -0.545 e. The summed E-state index contributed by atoms with van der Waals surface area (Å²) in [6, 6.07) is 18.8. The van der Waals surface area contributed by atoms with Crippen LogP contribution in [0.25, 0.3) is 0 Å². The van der Waals surface area contributed by atoms with Crippen LogP contribution < -0.4 is 5.11 Å². The lowest BCUT2D eigenvalue weighted by atomic mass is 10.1. The third-order valence-electron chi connectivity index (χ3n) is 10.3. The molecule has 0 saturated heterocycles. The highest BCUT2D eigenvalue weighted by Gasteiger charge is 2.46. The molecule has 2 atom stereocenters. The van der Waals surface area contributed by atoms with Crippen molar-refractivity contribution >= 4 is 25.2 Å². The monoisotopic (exact) mass is 783 g/mol. The number of hydrogen-bond donors (Lipinski definition) is 1. The van der Waals surface area contributed by atoms with E-state index in [0.29, 0.717) is 6.42 Å². The first-order chi connectivity index (χ1) is 26.6. The van der Waals surface area contributed by atoms with Gasteiger partial charge in [-0.1, -0.05) is 165 Å². The van der Waals surface area contributed by atoms with Gasteiger partial charge in [0.05, 0.1) is 30.9 Å². The molecule has 1 N–H and O–H groups in total. The van der Waals surface area contributed by atoms with Crippen LogP contribution in [0.2, 0.25) is 0 Å². The predicted octanol–water partition coefficient (Wildman–Crippen LogP) is 11.3. The minimum atomic E-state index is -1.58. The summed E-state index contributed by atoms with van der Waals surface area (Å²) in [5.74, 6) is -1.95. The van der Waals surface area contributed by atoms with Crippen molar-refractivity contribution in [3.05, 3.63) is 83.9 Å². The van der Waals surface area contributed by atoms with E-state index in [0.717, 1.165) is 0 Å². The van der Waals surface area contributed by atoms with Gasteiger partial charge in [0.2, 0.25) is 0 Å². The summed E-state index contributed by atoms with van der Waals surface area (Å²) in [5.41, 5.74) is 1.93. The molecule has 2 rings (SSSR count). The van der Waals surface area contributed by atoms with Crippen molar-refractivity contribution in [1.29, 1.82) is 0 Å². The van der Waals surface area contributed by atoms with Crippen molar-refractivity contribution in [2.24, 2.45) is 0 Å². The van der Waals surface area contributed by atoms with Gasteiger partial charge in [-0.05, 0) is 56.6 Å². The van der Waals surface area contributed by atoms with Crippen LogP contribution in [0.5, 0.6) is 0 Å². The molecule has 0 spiro atoms. The molecule has 0 aliphatic heterocycles. The normalized spacial score (nSPS) is 12.2. The predicted molar refractivity (Wildman–Crippen MR) is 229 cm³/mol. The van der Waals surface area contributed by atoms with Crippen LogP contribution in [-0.2, 0) is 19.1 Å². The van der Waals surface area contributed by atoms with E-state index in [4.69, 9.17) is 9.47 Å². The first-order valence-corrected chi connectivity index (χ1v) is 23.8. The van der Waals surface area contributed by atoms with E-state index >= 15 is 0 Å². The average Bonchev–Trinajstić information content (AvgIpc) is 3.19. The van der Waals surface area contributed by atoms with Crippen LogP contribution in [0.4, 0.5) is 0 Å². The fourth-order valence-corrected chi connectivity index (χ4v) is 12.6. The Kier molecular flexibility index (Phi) is 29.2. The molecule has 55 heavy (non-hydrogen) atoms. The molecule has 310 valence electrons. The summed E-state index contributed by atoms with van der Waals surface area (Å²) < 4.78 is 10.7. The van der Waals surface area contributed by atoms with Gasteiger partial charge >= 0.3 is 11.9 Å². The van der Waals surface area contributed by atoms with E-state index in [1.165, 1.54) is 152 Å². The second-order valence-electron chi connectivity index (χ2n) is 15.2. The van der Waals surface area contributed by atoms with Crippen molar-refractivity contribution in [2.45, 2.75) is 161 Å². The summed E-state index contributed by atoms with van der Waals surface area (Å²) in [6.45, 7) is 11.6. The topological polar surface area (TPSA) is 113 Å². The van der Waals surface area contributed by atoms with Gasteiger partial charge in [-0.25, -0.2) is 4.79 Å². The first kappa shape index (κ1) is 50.0. The van der Waals surface area contributed by atoms with Crippen LogP contribution in [0, 0.1) is 0 Å². The number of unbranched alkanes of at least 4 members (excludes halogenated alkanes) is 15. The van der Waals surface area contributed by atoms with E-state index in [2.05, 4.69) is 57.7 Å². The quantitative estimate of drug-likeness (QED) is 0.0351. The van der Waals surface area contributed by atoms with Crippen molar-refractivity contribution in [1.82, 2.24) is 0 Å². The van der Waals surface area contributed by atoms with E-state index in [1.807, 2.05) is 0 Å². The average molecular weight is 783 g/mol. The summed E-state index contributed by atoms with van der Waals surface area (Å²) >= 11 is 0. The number of carboxylic acids is 1. The van der Waals surface area contributed by atoms with Gasteiger partial charge in [0.1, 0.15) is 25.0 Å². The Labute approximate surface area is 335 Å². The Morgan fingerprint density at radius 3 is 1.44 bits per heavy atom. The van der Waals surface area contributed by atoms with E-state index in [-0.39, 0.29) is 36.0 Å². The highest BCUT2D eigenvalue weighted by molar-refractivity contribution is 7.76. The smallest absolute Gasteiger partial charge is 0.333 e. The summed E-state index contributed by atoms with van der Waals surface area (Å²) in [5, 5.41) is 20.5. The van der Waals surface area contributed by atoms with Crippen LogP contribution in [0.3, 0.4) is 0 Å². The van der Waals surface area contributed by atoms with Crippen LogP contribution in [0.15, 0.2) is 72.8 Å². The highest BCUT2D eigenvalue weighted by atomic mass is 31.2. The Balaban J connectivity index is 0.00000146. The molecular formula is C47H75O7P. The number of ether oxygens (including phenoxy) is 2.